The van der Waals surface area contributed by atoms with E-state index in [1.165, 1.54) is 0 Å². The highest BCUT2D eigenvalue weighted by atomic mass is 32.1. The van der Waals surface area contributed by atoms with Gasteiger partial charge in [0.15, 0.2) is 6.10 Å². The third-order valence-corrected chi connectivity index (χ3v) is 4.51. The van der Waals surface area contributed by atoms with Crippen molar-refractivity contribution in [2.24, 2.45) is 5.73 Å². The largest absolute Gasteiger partial charge is 0.479 e. The number of nitrogens with zero attached hydrogens (tertiary/aromatic N) is 2. The minimum Gasteiger partial charge on any atom is -0.479 e. The average molecular weight is 317 g/mol. The molecule has 0 saturated heterocycles. The highest BCUT2D eigenvalue weighted by molar-refractivity contribution is 7.09. The van der Waals surface area contributed by atoms with Crippen molar-refractivity contribution in [3.63, 3.8) is 0 Å². The fourth-order valence-electron chi connectivity index (χ4n) is 2.56. The number of amides is 1. The van der Waals surface area contributed by atoms with Crippen molar-refractivity contribution in [2.45, 2.75) is 32.9 Å². The first-order valence-corrected chi connectivity index (χ1v) is 8.29. The Balaban J connectivity index is 2.02. The van der Waals surface area contributed by atoms with Crippen LogP contribution < -0.4 is 15.4 Å². The molecule has 1 aliphatic heterocycles. The van der Waals surface area contributed by atoms with Crippen molar-refractivity contribution < 1.29 is 9.53 Å². The zero-order valence-corrected chi connectivity index (χ0v) is 13.5. The number of carbonyl (C=O) groups is 1. The Labute approximate surface area is 133 Å². The molecule has 2 aromatic rings. The summed E-state index contributed by atoms with van der Waals surface area (Å²) in [5.41, 5.74) is 8.30. The molecule has 5 nitrogen and oxygen atoms in total. The van der Waals surface area contributed by atoms with E-state index in [9.17, 15) is 4.79 Å². The van der Waals surface area contributed by atoms with Crippen LogP contribution in [0.4, 0.5) is 5.69 Å². The van der Waals surface area contributed by atoms with Gasteiger partial charge >= 0.3 is 0 Å². The van der Waals surface area contributed by atoms with Crippen LogP contribution in [0.5, 0.6) is 5.75 Å². The number of carbonyl (C=O) groups excluding carboxylic acids is 1. The number of anilines is 1. The summed E-state index contributed by atoms with van der Waals surface area (Å²) in [6.07, 6.45) is 0.462. The first-order valence-electron chi connectivity index (χ1n) is 7.41. The molecular weight excluding hydrogens is 298 g/mol. The van der Waals surface area contributed by atoms with Crippen molar-refractivity contribution in [3.05, 3.63) is 28.6 Å². The number of rotatable bonds is 4. The molecule has 1 amide bonds. The molecule has 1 atom stereocenters. The van der Waals surface area contributed by atoms with E-state index in [1.807, 2.05) is 28.5 Å². The van der Waals surface area contributed by atoms with E-state index in [0.29, 0.717) is 13.1 Å². The number of aromatic nitrogens is 1. The zero-order valence-electron chi connectivity index (χ0n) is 12.7. The lowest BCUT2D eigenvalue weighted by molar-refractivity contribution is -0.125. The monoisotopic (exact) mass is 317 g/mol. The SMILES string of the molecule is CCCN1C(=O)C(C)Oc2ccc(-c3csc(CN)n3)cc21. The number of benzene rings is 1. The van der Waals surface area contributed by atoms with Gasteiger partial charge in [-0.15, -0.1) is 11.3 Å². The van der Waals surface area contributed by atoms with Gasteiger partial charge in [0.1, 0.15) is 10.8 Å². The molecule has 116 valence electrons. The van der Waals surface area contributed by atoms with E-state index in [4.69, 9.17) is 10.5 Å². The molecule has 1 aromatic heterocycles. The van der Waals surface area contributed by atoms with Gasteiger partial charge in [-0.05, 0) is 31.5 Å². The second-order valence-corrected chi connectivity index (χ2v) is 6.21. The lowest BCUT2D eigenvalue weighted by Gasteiger charge is -2.33. The van der Waals surface area contributed by atoms with Crippen LogP contribution in [0.2, 0.25) is 0 Å². The van der Waals surface area contributed by atoms with Gasteiger partial charge in [-0.25, -0.2) is 4.98 Å². The van der Waals surface area contributed by atoms with Crippen LogP contribution in [0.3, 0.4) is 0 Å². The van der Waals surface area contributed by atoms with Gasteiger partial charge in [-0.1, -0.05) is 6.92 Å². The molecule has 1 unspecified atom stereocenters. The second-order valence-electron chi connectivity index (χ2n) is 5.26. The summed E-state index contributed by atoms with van der Waals surface area (Å²) in [5.74, 6) is 0.756. The van der Waals surface area contributed by atoms with Crippen molar-refractivity contribution in [1.29, 1.82) is 0 Å². The highest BCUT2D eigenvalue weighted by Gasteiger charge is 2.31. The molecular formula is C16H19N3O2S. The van der Waals surface area contributed by atoms with E-state index < -0.39 is 6.10 Å². The van der Waals surface area contributed by atoms with E-state index in [0.717, 1.165) is 34.1 Å². The molecule has 0 saturated carbocycles. The summed E-state index contributed by atoms with van der Waals surface area (Å²) in [7, 11) is 0. The minimum absolute atomic E-state index is 0.00688. The smallest absolute Gasteiger partial charge is 0.267 e. The third-order valence-electron chi connectivity index (χ3n) is 3.64. The number of hydrogen-bond acceptors (Lipinski definition) is 5. The average Bonchev–Trinajstić information content (AvgIpc) is 3.00. The van der Waals surface area contributed by atoms with Crippen LogP contribution in [0, 0.1) is 0 Å². The quantitative estimate of drug-likeness (QED) is 0.941. The summed E-state index contributed by atoms with van der Waals surface area (Å²) in [4.78, 5) is 18.7. The Morgan fingerprint density at radius 3 is 2.95 bits per heavy atom. The van der Waals surface area contributed by atoms with Crippen LogP contribution in [0.15, 0.2) is 23.6 Å². The molecule has 3 rings (SSSR count). The molecule has 2 heterocycles. The Morgan fingerprint density at radius 2 is 2.27 bits per heavy atom. The van der Waals surface area contributed by atoms with Gasteiger partial charge in [0, 0.05) is 24.0 Å². The maximum atomic E-state index is 12.3. The van der Waals surface area contributed by atoms with Crippen LogP contribution in [-0.2, 0) is 11.3 Å². The number of nitrogens with two attached hydrogens (primary N) is 1. The van der Waals surface area contributed by atoms with Crippen LogP contribution in [0.25, 0.3) is 11.3 Å². The molecule has 0 fully saturated rings. The predicted octanol–water partition coefficient (Wildman–Crippen LogP) is 2.79. The van der Waals surface area contributed by atoms with E-state index >= 15 is 0 Å². The van der Waals surface area contributed by atoms with Gasteiger partial charge in [0.2, 0.25) is 0 Å². The molecule has 0 aliphatic carbocycles. The van der Waals surface area contributed by atoms with Gasteiger partial charge in [0.25, 0.3) is 5.91 Å². The fraction of sp³-hybridized carbons (Fsp3) is 0.375. The van der Waals surface area contributed by atoms with Crippen LogP contribution in [0.1, 0.15) is 25.3 Å². The Kier molecular flexibility index (Phi) is 4.13. The van der Waals surface area contributed by atoms with Gasteiger partial charge < -0.3 is 15.4 Å². The van der Waals surface area contributed by atoms with Crippen molar-refractivity contribution in [2.75, 3.05) is 11.4 Å². The number of ether oxygens (including phenoxy) is 1. The number of hydrogen-bond donors (Lipinski definition) is 1. The third kappa shape index (κ3) is 2.60. The normalized spacial score (nSPS) is 17.3. The number of fused-ring (bicyclic) bond motifs is 1. The maximum Gasteiger partial charge on any atom is 0.267 e. The molecule has 2 N–H and O–H groups in total. The Morgan fingerprint density at radius 1 is 1.45 bits per heavy atom. The van der Waals surface area contributed by atoms with Crippen LogP contribution >= 0.6 is 11.3 Å². The topological polar surface area (TPSA) is 68.5 Å². The van der Waals surface area contributed by atoms with Crippen LogP contribution in [-0.4, -0.2) is 23.5 Å². The molecule has 1 aromatic carbocycles. The molecule has 6 heteroatoms. The lowest BCUT2D eigenvalue weighted by Crippen LogP contribution is -2.44. The first kappa shape index (κ1) is 15.0. The molecule has 22 heavy (non-hydrogen) atoms. The van der Waals surface area contributed by atoms with Gasteiger partial charge in [-0.3, -0.25) is 4.79 Å². The van der Waals surface area contributed by atoms with Crippen molar-refractivity contribution in [1.82, 2.24) is 4.98 Å². The number of thiazole rings is 1. The minimum atomic E-state index is -0.437. The summed E-state index contributed by atoms with van der Waals surface area (Å²) in [5, 5.41) is 2.89. The Bertz CT molecular complexity index is 698. The fourth-order valence-corrected chi connectivity index (χ4v) is 3.24. The Hall–Kier alpha value is -1.92. The zero-order chi connectivity index (χ0) is 15.7. The van der Waals surface area contributed by atoms with E-state index in [-0.39, 0.29) is 5.91 Å². The standard InChI is InChI=1S/C16H19N3O2S/c1-3-6-19-13-7-11(12-9-22-15(8-17)18-12)4-5-14(13)21-10(2)16(19)20/h4-5,7,9-10H,3,6,8,17H2,1-2H3. The summed E-state index contributed by atoms with van der Waals surface area (Å²) < 4.78 is 5.71. The van der Waals surface area contributed by atoms with Crippen molar-refractivity contribution in [3.8, 4) is 17.0 Å². The lowest BCUT2D eigenvalue weighted by atomic mass is 10.1. The van der Waals surface area contributed by atoms with Gasteiger partial charge in [-0.2, -0.15) is 0 Å². The first-order chi connectivity index (χ1) is 10.6. The van der Waals surface area contributed by atoms with Gasteiger partial charge in [0.05, 0.1) is 11.4 Å². The van der Waals surface area contributed by atoms with Crippen molar-refractivity contribution >= 4 is 22.9 Å². The molecule has 1 aliphatic rings. The molecule has 0 bridgehead atoms. The predicted molar refractivity (Wildman–Crippen MR) is 88.2 cm³/mol. The van der Waals surface area contributed by atoms with E-state index in [2.05, 4.69) is 11.9 Å². The summed E-state index contributed by atoms with van der Waals surface area (Å²) >= 11 is 1.55. The van der Waals surface area contributed by atoms with E-state index in [1.54, 1.807) is 18.3 Å². The second kappa shape index (κ2) is 6.06. The molecule has 0 spiro atoms. The maximum absolute atomic E-state index is 12.3. The molecule has 0 radical (unpaired) electrons. The summed E-state index contributed by atoms with van der Waals surface area (Å²) in [6.45, 7) is 4.98. The highest BCUT2D eigenvalue weighted by Crippen LogP contribution is 2.37. The summed E-state index contributed by atoms with van der Waals surface area (Å²) in [6, 6.07) is 5.86.